The van der Waals surface area contributed by atoms with Crippen molar-refractivity contribution in [3.63, 3.8) is 0 Å². The molecule has 0 saturated heterocycles. The lowest BCUT2D eigenvalue weighted by molar-refractivity contribution is 0.512. The van der Waals surface area contributed by atoms with Gasteiger partial charge < -0.3 is 8.83 Å². The highest BCUT2D eigenvalue weighted by molar-refractivity contribution is 7.15. The summed E-state index contributed by atoms with van der Waals surface area (Å²) in [5, 5.41) is 0. The second-order valence-corrected chi connectivity index (χ2v) is 5.27. The van der Waals surface area contributed by atoms with Crippen LogP contribution in [0.1, 0.15) is 10.6 Å². The van der Waals surface area contributed by atoms with E-state index in [1.54, 1.807) is 11.3 Å². The Hall–Kier alpha value is -1.74. The van der Waals surface area contributed by atoms with Gasteiger partial charge in [-0.05, 0) is 50.2 Å². The molecule has 3 aromatic heterocycles. The van der Waals surface area contributed by atoms with Crippen LogP contribution in [0, 0.1) is 13.8 Å². The van der Waals surface area contributed by atoms with E-state index in [9.17, 15) is 0 Å². The van der Waals surface area contributed by atoms with Gasteiger partial charge in [0.2, 0.25) is 0 Å². The van der Waals surface area contributed by atoms with Gasteiger partial charge in [-0.15, -0.1) is 11.3 Å². The van der Waals surface area contributed by atoms with Gasteiger partial charge in [0, 0.05) is 4.88 Å². The monoisotopic (exact) mass is 244 g/mol. The molecule has 0 aliphatic heterocycles. The largest absolute Gasteiger partial charge is 0.458 e. The van der Waals surface area contributed by atoms with Crippen LogP contribution in [0.5, 0.6) is 0 Å². The van der Waals surface area contributed by atoms with Crippen LogP contribution >= 0.6 is 11.3 Å². The molecule has 0 atom stereocenters. The first kappa shape index (κ1) is 10.4. The number of hydrogen-bond acceptors (Lipinski definition) is 3. The van der Waals surface area contributed by atoms with Crippen molar-refractivity contribution in [3.05, 3.63) is 47.0 Å². The number of thiophene rings is 1. The van der Waals surface area contributed by atoms with E-state index >= 15 is 0 Å². The normalized spacial score (nSPS) is 10.9. The van der Waals surface area contributed by atoms with Crippen LogP contribution in [-0.2, 0) is 0 Å². The maximum Gasteiger partial charge on any atom is 0.170 e. The van der Waals surface area contributed by atoms with Gasteiger partial charge in [-0.1, -0.05) is 0 Å². The molecule has 0 fully saturated rings. The van der Waals surface area contributed by atoms with Crippen LogP contribution in [0.4, 0.5) is 0 Å². The van der Waals surface area contributed by atoms with Crippen molar-refractivity contribution in [2.75, 3.05) is 0 Å². The Kier molecular flexibility index (Phi) is 2.41. The molecule has 0 amide bonds. The molecule has 0 N–H and O–H groups in total. The first-order valence-corrected chi connectivity index (χ1v) is 6.27. The third-order valence-electron chi connectivity index (χ3n) is 2.57. The Morgan fingerprint density at radius 1 is 0.765 bits per heavy atom. The molecule has 3 heteroatoms. The predicted molar refractivity (Wildman–Crippen MR) is 69.2 cm³/mol. The lowest BCUT2D eigenvalue weighted by atomic mass is 10.3. The Balaban J connectivity index is 1.98. The fourth-order valence-corrected chi connectivity index (χ4v) is 2.57. The summed E-state index contributed by atoms with van der Waals surface area (Å²) in [6.45, 7) is 4.02. The van der Waals surface area contributed by atoms with Crippen molar-refractivity contribution < 1.29 is 8.83 Å². The van der Waals surface area contributed by atoms with Crippen LogP contribution in [0.25, 0.3) is 22.2 Å². The van der Waals surface area contributed by atoms with Gasteiger partial charge in [-0.25, -0.2) is 0 Å². The molecule has 17 heavy (non-hydrogen) atoms. The van der Waals surface area contributed by atoms with Crippen molar-refractivity contribution in [1.29, 1.82) is 0 Å². The van der Waals surface area contributed by atoms with Gasteiger partial charge in [0.25, 0.3) is 0 Å². The van der Waals surface area contributed by atoms with Crippen molar-refractivity contribution in [1.82, 2.24) is 0 Å². The Morgan fingerprint density at radius 3 is 2.12 bits per heavy atom. The molecule has 0 spiro atoms. The van der Waals surface area contributed by atoms with E-state index in [1.165, 1.54) is 4.88 Å². The van der Waals surface area contributed by atoms with Gasteiger partial charge in [-0.3, -0.25) is 0 Å². The van der Waals surface area contributed by atoms with E-state index in [4.69, 9.17) is 8.83 Å². The van der Waals surface area contributed by atoms with Crippen LogP contribution in [0.2, 0.25) is 0 Å². The van der Waals surface area contributed by atoms with Crippen LogP contribution in [0.3, 0.4) is 0 Å². The summed E-state index contributed by atoms with van der Waals surface area (Å²) in [6.07, 6.45) is 0. The molecule has 0 aliphatic rings. The minimum Gasteiger partial charge on any atom is -0.458 e. The molecule has 0 radical (unpaired) electrons. The Labute approximate surface area is 104 Å². The van der Waals surface area contributed by atoms with Crippen molar-refractivity contribution in [2.45, 2.75) is 13.8 Å². The zero-order valence-corrected chi connectivity index (χ0v) is 10.5. The topological polar surface area (TPSA) is 26.3 Å². The molecule has 2 nitrogen and oxygen atoms in total. The number of hydrogen-bond donors (Lipinski definition) is 0. The smallest absolute Gasteiger partial charge is 0.170 e. The number of rotatable bonds is 2. The lowest BCUT2D eigenvalue weighted by Crippen LogP contribution is -1.65. The van der Waals surface area contributed by atoms with Gasteiger partial charge >= 0.3 is 0 Å². The fraction of sp³-hybridized carbons (Fsp3) is 0.143. The van der Waals surface area contributed by atoms with Crippen LogP contribution in [-0.4, -0.2) is 0 Å². The summed E-state index contributed by atoms with van der Waals surface area (Å²) >= 11 is 1.73. The zero-order valence-electron chi connectivity index (χ0n) is 9.69. The standard InChI is InChI=1S/C14H12O2S/c1-9-3-5-11(15-9)12-6-7-13(16-12)14-8-4-10(2)17-14/h3-8H,1-2H3. The van der Waals surface area contributed by atoms with Crippen molar-refractivity contribution in [3.8, 4) is 22.2 Å². The maximum atomic E-state index is 5.80. The highest BCUT2D eigenvalue weighted by Gasteiger charge is 2.10. The summed E-state index contributed by atoms with van der Waals surface area (Å²) in [4.78, 5) is 2.43. The second kappa shape index (κ2) is 3.93. The highest BCUT2D eigenvalue weighted by atomic mass is 32.1. The molecule has 0 aliphatic carbocycles. The van der Waals surface area contributed by atoms with Gasteiger partial charge in [0.05, 0.1) is 4.88 Å². The predicted octanol–water partition coefficient (Wildman–Crippen LogP) is 4.88. The molecule has 86 valence electrons. The Bertz CT molecular complexity index is 588. The van der Waals surface area contributed by atoms with E-state index in [1.807, 2.05) is 31.2 Å². The summed E-state index contributed by atoms with van der Waals surface area (Å²) in [5.41, 5.74) is 0. The molecule has 0 saturated carbocycles. The van der Waals surface area contributed by atoms with E-state index in [0.29, 0.717) is 0 Å². The molecule has 0 unspecified atom stereocenters. The molecular weight excluding hydrogens is 232 g/mol. The number of aryl methyl sites for hydroxylation is 2. The molecule has 0 bridgehead atoms. The lowest BCUT2D eigenvalue weighted by Gasteiger charge is -1.91. The van der Waals surface area contributed by atoms with E-state index in [-0.39, 0.29) is 0 Å². The van der Waals surface area contributed by atoms with Crippen molar-refractivity contribution >= 4 is 11.3 Å². The van der Waals surface area contributed by atoms with E-state index in [0.717, 1.165) is 27.9 Å². The van der Waals surface area contributed by atoms with Crippen molar-refractivity contribution in [2.24, 2.45) is 0 Å². The summed E-state index contributed by atoms with van der Waals surface area (Å²) in [5.74, 6) is 3.35. The summed E-state index contributed by atoms with van der Waals surface area (Å²) in [7, 11) is 0. The Morgan fingerprint density at radius 2 is 1.47 bits per heavy atom. The molecular formula is C14H12O2S. The maximum absolute atomic E-state index is 5.80. The van der Waals surface area contributed by atoms with Gasteiger partial charge in [-0.2, -0.15) is 0 Å². The molecule has 3 rings (SSSR count). The second-order valence-electron chi connectivity index (χ2n) is 3.98. The zero-order chi connectivity index (χ0) is 11.8. The summed E-state index contributed by atoms with van der Waals surface area (Å²) in [6, 6.07) is 12.0. The average molecular weight is 244 g/mol. The first-order valence-electron chi connectivity index (χ1n) is 5.46. The SMILES string of the molecule is Cc1ccc(-c2ccc(-c3ccc(C)s3)o2)o1. The van der Waals surface area contributed by atoms with E-state index < -0.39 is 0 Å². The van der Waals surface area contributed by atoms with Gasteiger partial charge in [0.1, 0.15) is 11.5 Å². The fourth-order valence-electron chi connectivity index (χ4n) is 1.74. The van der Waals surface area contributed by atoms with Crippen LogP contribution < -0.4 is 0 Å². The molecule has 0 aromatic carbocycles. The van der Waals surface area contributed by atoms with Crippen LogP contribution in [0.15, 0.2) is 45.2 Å². The van der Waals surface area contributed by atoms with E-state index in [2.05, 4.69) is 19.1 Å². The summed E-state index contributed by atoms with van der Waals surface area (Å²) < 4.78 is 11.3. The van der Waals surface area contributed by atoms with Gasteiger partial charge in [0.15, 0.2) is 11.5 Å². The minimum atomic E-state index is 0.777. The first-order chi connectivity index (χ1) is 8.22. The quantitative estimate of drug-likeness (QED) is 0.641. The number of furan rings is 2. The molecule has 3 heterocycles. The molecule has 3 aromatic rings. The third kappa shape index (κ3) is 1.94. The highest BCUT2D eigenvalue weighted by Crippen LogP contribution is 2.33. The average Bonchev–Trinajstić information content (AvgIpc) is 2.96. The minimum absolute atomic E-state index is 0.777. The third-order valence-corrected chi connectivity index (χ3v) is 3.59.